The monoisotopic (exact) mass is 339 g/mol. The Kier molecular flexibility index (Phi) is 5.44. The standard InChI is InChI=1S/C16H15F2NO3S/c1-3-10-8-11(16(21)22-4-2)15(23-10)19-14(20)9-5-6-12(17)13(18)7-9/h5-8H,3-4H2,1-2H3,(H,19,20). The number of anilines is 1. The van der Waals surface area contributed by atoms with Gasteiger partial charge in [-0.1, -0.05) is 6.92 Å². The topological polar surface area (TPSA) is 55.4 Å². The number of carbonyl (C=O) groups excluding carboxylic acids is 2. The van der Waals surface area contributed by atoms with E-state index in [4.69, 9.17) is 4.74 Å². The molecule has 0 aliphatic rings. The van der Waals surface area contributed by atoms with Gasteiger partial charge in [-0.25, -0.2) is 13.6 Å². The van der Waals surface area contributed by atoms with Gasteiger partial charge in [-0.2, -0.15) is 0 Å². The number of hydrogen-bond donors (Lipinski definition) is 1. The van der Waals surface area contributed by atoms with Crippen molar-refractivity contribution < 1.29 is 23.1 Å². The molecule has 1 aromatic carbocycles. The van der Waals surface area contributed by atoms with Crippen molar-refractivity contribution >= 4 is 28.2 Å². The summed E-state index contributed by atoms with van der Waals surface area (Å²) in [4.78, 5) is 25.0. The predicted molar refractivity (Wildman–Crippen MR) is 84.0 cm³/mol. The Balaban J connectivity index is 2.27. The summed E-state index contributed by atoms with van der Waals surface area (Å²) in [7, 11) is 0. The third kappa shape index (κ3) is 3.92. The summed E-state index contributed by atoms with van der Waals surface area (Å²) in [6.07, 6.45) is 0.693. The van der Waals surface area contributed by atoms with Crippen LogP contribution >= 0.6 is 11.3 Å². The first kappa shape index (κ1) is 17.1. The Bertz CT molecular complexity index is 743. The number of ether oxygens (including phenoxy) is 1. The largest absolute Gasteiger partial charge is 0.462 e. The number of amides is 1. The van der Waals surface area contributed by atoms with E-state index >= 15 is 0 Å². The molecule has 1 N–H and O–H groups in total. The van der Waals surface area contributed by atoms with Crippen LogP contribution in [0.15, 0.2) is 24.3 Å². The first-order valence-electron chi connectivity index (χ1n) is 7.02. The van der Waals surface area contributed by atoms with E-state index in [2.05, 4.69) is 5.32 Å². The van der Waals surface area contributed by atoms with Gasteiger partial charge in [0, 0.05) is 10.4 Å². The maximum absolute atomic E-state index is 13.2. The molecule has 7 heteroatoms. The molecule has 0 unspecified atom stereocenters. The molecule has 2 rings (SSSR count). The van der Waals surface area contributed by atoms with Crippen molar-refractivity contribution in [2.75, 3.05) is 11.9 Å². The van der Waals surface area contributed by atoms with Crippen LogP contribution in [-0.4, -0.2) is 18.5 Å². The summed E-state index contributed by atoms with van der Waals surface area (Å²) in [5.41, 5.74) is 0.217. The molecule has 0 atom stereocenters. The zero-order valence-corrected chi connectivity index (χ0v) is 13.4. The van der Waals surface area contributed by atoms with Crippen LogP contribution in [0.4, 0.5) is 13.8 Å². The first-order chi connectivity index (χ1) is 11.0. The van der Waals surface area contributed by atoms with Crippen molar-refractivity contribution in [3.8, 4) is 0 Å². The fourth-order valence-electron chi connectivity index (χ4n) is 1.88. The summed E-state index contributed by atoms with van der Waals surface area (Å²) < 4.78 is 31.1. The second kappa shape index (κ2) is 7.32. The Labute approximate surface area is 136 Å². The molecule has 1 aromatic heterocycles. The summed E-state index contributed by atoms with van der Waals surface area (Å²) in [5, 5.41) is 2.89. The minimum Gasteiger partial charge on any atom is -0.462 e. The molecule has 1 heterocycles. The van der Waals surface area contributed by atoms with E-state index in [0.29, 0.717) is 11.4 Å². The molecule has 4 nitrogen and oxygen atoms in total. The van der Waals surface area contributed by atoms with Crippen LogP contribution in [0.5, 0.6) is 0 Å². The van der Waals surface area contributed by atoms with Crippen molar-refractivity contribution in [2.45, 2.75) is 20.3 Å². The van der Waals surface area contributed by atoms with Gasteiger partial charge in [-0.05, 0) is 37.6 Å². The molecule has 2 aromatic rings. The van der Waals surface area contributed by atoms with E-state index in [0.717, 1.165) is 17.0 Å². The third-order valence-corrected chi connectivity index (χ3v) is 4.23. The van der Waals surface area contributed by atoms with Crippen molar-refractivity contribution in [3.05, 3.63) is 51.9 Å². The van der Waals surface area contributed by atoms with Crippen LogP contribution in [0.25, 0.3) is 0 Å². The van der Waals surface area contributed by atoms with Gasteiger partial charge in [0.25, 0.3) is 5.91 Å². The summed E-state index contributed by atoms with van der Waals surface area (Å²) in [5.74, 6) is -3.30. The van der Waals surface area contributed by atoms with Gasteiger partial charge in [-0.3, -0.25) is 4.79 Å². The minimum absolute atomic E-state index is 0.0369. The average molecular weight is 339 g/mol. The molecule has 0 bridgehead atoms. The van der Waals surface area contributed by atoms with Crippen molar-refractivity contribution in [2.24, 2.45) is 0 Å². The molecular formula is C16H15F2NO3S. The highest BCUT2D eigenvalue weighted by molar-refractivity contribution is 7.16. The Hall–Kier alpha value is -2.28. The summed E-state index contributed by atoms with van der Waals surface area (Å²) in [6, 6.07) is 4.51. The van der Waals surface area contributed by atoms with E-state index in [9.17, 15) is 18.4 Å². The van der Waals surface area contributed by atoms with Crippen LogP contribution in [0.1, 0.15) is 39.4 Å². The molecule has 122 valence electrons. The number of thiophene rings is 1. The zero-order chi connectivity index (χ0) is 17.0. The van der Waals surface area contributed by atoms with Gasteiger partial charge < -0.3 is 10.1 Å². The highest BCUT2D eigenvalue weighted by Crippen LogP contribution is 2.30. The van der Waals surface area contributed by atoms with Gasteiger partial charge >= 0.3 is 5.97 Å². The SMILES string of the molecule is CCOC(=O)c1cc(CC)sc1NC(=O)c1ccc(F)c(F)c1. The number of nitrogens with one attached hydrogen (secondary N) is 1. The number of halogens is 2. The molecular weight excluding hydrogens is 324 g/mol. The molecule has 0 saturated heterocycles. The Morgan fingerprint density at radius 2 is 1.91 bits per heavy atom. The van der Waals surface area contributed by atoms with E-state index in [1.54, 1.807) is 13.0 Å². The van der Waals surface area contributed by atoms with Crippen molar-refractivity contribution in [3.63, 3.8) is 0 Å². The van der Waals surface area contributed by atoms with Gasteiger partial charge in [-0.15, -0.1) is 11.3 Å². The number of benzene rings is 1. The number of esters is 1. The molecule has 1 amide bonds. The van der Waals surface area contributed by atoms with Gasteiger partial charge in [0.2, 0.25) is 0 Å². The number of carbonyl (C=O) groups is 2. The van der Waals surface area contributed by atoms with E-state index in [1.807, 2.05) is 6.92 Å². The van der Waals surface area contributed by atoms with Gasteiger partial charge in [0.05, 0.1) is 12.2 Å². The Morgan fingerprint density at radius 3 is 2.52 bits per heavy atom. The smallest absolute Gasteiger partial charge is 0.341 e. The lowest BCUT2D eigenvalue weighted by Crippen LogP contribution is -2.14. The van der Waals surface area contributed by atoms with Crippen LogP contribution in [0.2, 0.25) is 0 Å². The maximum atomic E-state index is 13.2. The van der Waals surface area contributed by atoms with E-state index < -0.39 is 23.5 Å². The fraction of sp³-hybridized carbons (Fsp3) is 0.250. The molecule has 0 saturated carbocycles. The minimum atomic E-state index is -1.11. The zero-order valence-electron chi connectivity index (χ0n) is 12.6. The molecule has 0 aliphatic carbocycles. The van der Waals surface area contributed by atoms with Crippen LogP contribution in [-0.2, 0) is 11.2 Å². The normalized spacial score (nSPS) is 10.4. The summed E-state index contributed by atoms with van der Waals surface area (Å²) in [6.45, 7) is 3.82. The van der Waals surface area contributed by atoms with Crippen LogP contribution in [0.3, 0.4) is 0 Å². The fourth-order valence-corrected chi connectivity index (χ4v) is 2.86. The second-order valence-electron chi connectivity index (χ2n) is 4.61. The highest BCUT2D eigenvalue weighted by atomic mass is 32.1. The van der Waals surface area contributed by atoms with Gasteiger partial charge in [0.15, 0.2) is 11.6 Å². The third-order valence-electron chi connectivity index (χ3n) is 3.04. The number of hydrogen-bond acceptors (Lipinski definition) is 4. The first-order valence-corrected chi connectivity index (χ1v) is 7.84. The average Bonchev–Trinajstić information content (AvgIpc) is 2.93. The molecule has 0 aliphatic heterocycles. The molecule has 0 spiro atoms. The number of rotatable bonds is 5. The number of aryl methyl sites for hydroxylation is 1. The lowest BCUT2D eigenvalue weighted by molar-refractivity contribution is 0.0528. The van der Waals surface area contributed by atoms with Gasteiger partial charge in [0.1, 0.15) is 5.00 Å². The summed E-state index contributed by atoms with van der Waals surface area (Å²) >= 11 is 1.24. The Morgan fingerprint density at radius 1 is 1.17 bits per heavy atom. The van der Waals surface area contributed by atoms with Crippen LogP contribution < -0.4 is 5.32 Å². The van der Waals surface area contributed by atoms with Crippen molar-refractivity contribution in [1.29, 1.82) is 0 Å². The molecule has 23 heavy (non-hydrogen) atoms. The lowest BCUT2D eigenvalue weighted by Gasteiger charge is -2.06. The lowest BCUT2D eigenvalue weighted by atomic mass is 10.2. The maximum Gasteiger partial charge on any atom is 0.341 e. The van der Waals surface area contributed by atoms with E-state index in [-0.39, 0.29) is 17.7 Å². The molecule has 0 fully saturated rings. The quantitative estimate of drug-likeness (QED) is 0.837. The predicted octanol–water partition coefficient (Wildman–Crippen LogP) is 4.02. The highest BCUT2D eigenvalue weighted by Gasteiger charge is 2.19. The van der Waals surface area contributed by atoms with E-state index in [1.165, 1.54) is 17.4 Å². The van der Waals surface area contributed by atoms with Crippen molar-refractivity contribution in [1.82, 2.24) is 0 Å². The van der Waals surface area contributed by atoms with Crippen LogP contribution in [0, 0.1) is 11.6 Å². The molecule has 0 radical (unpaired) electrons. The second-order valence-corrected chi connectivity index (χ2v) is 5.75.